The van der Waals surface area contributed by atoms with E-state index in [1.54, 1.807) is 12.1 Å². The minimum Gasteiger partial charge on any atom is -0.491 e. The van der Waals surface area contributed by atoms with Gasteiger partial charge in [0.05, 0.1) is 23.8 Å². The van der Waals surface area contributed by atoms with Gasteiger partial charge in [0.1, 0.15) is 18.9 Å². The van der Waals surface area contributed by atoms with E-state index in [1.165, 1.54) is 16.3 Å². The molecular formula is C20H21N3O3. The first-order valence-corrected chi connectivity index (χ1v) is 8.46. The Labute approximate surface area is 151 Å². The fraction of sp³-hybridized carbons (Fsp3) is 0.250. The number of aryl methyl sites for hydroxylation is 2. The Morgan fingerprint density at radius 1 is 1.19 bits per heavy atom. The third kappa shape index (κ3) is 4.08. The molecule has 0 atom stereocenters. The molecular weight excluding hydrogens is 330 g/mol. The Morgan fingerprint density at radius 2 is 2.00 bits per heavy atom. The van der Waals surface area contributed by atoms with Gasteiger partial charge in [0.25, 0.3) is 5.56 Å². The van der Waals surface area contributed by atoms with Crippen molar-refractivity contribution in [2.24, 2.45) is 0 Å². The normalized spacial score (nSPS) is 10.7. The van der Waals surface area contributed by atoms with Crippen LogP contribution in [0.3, 0.4) is 0 Å². The molecule has 6 heteroatoms. The number of carbonyl (C=O) groups excluding carboxylic acids is 1. The molecule has 0 fully saturated rings. The standard InChI is InChI=1S/C20H21N3O3/c1-14-7-8-18(15(2)11-14)26-10-9-21-19(24)13-23-17-6-4-3-5-16(17)22-12-20(23)25/h3-8,11-12H,9-10,13H2,1-2H3,(H,21,24). The number of rotatable bonds is 6. The number of benzene rings is 2. The maximum Gasteiger partial charge on any atom is 0.269 e. The van der Waals surface area contributed by atoms with E-state index in [0.717, 1.165) is 11.3 Å². The molecule has 134 valence electrons. The molecule has 1 N–H and O–H groups in total. The number of nitrogens with zero attached hydrogens (tertiary/aromatic N) is 2. The molecule has 1 heterocycles. The summed E-state index contributed by atoms with van der Waals surface area (Å²) in [6.07, 6.45) is 1.24. The molecule has 3 aromatic rings. The van der Waals surface area contributed by atoms with Crippen LogP contribution in [0, 0.1) is 13.8 Å². The van der Waals surface area contributed by atoms with E-state index in [2.05, 4.69) is 16.4 Å². The average molecular weight is 351 g/mol. The summed E-state index contributed by atoms with van der Waals surface area (Å²) in [5.41, 5.74) is 3.26. The Balaban J connectivity index is 1.57. The number of nitrogens with one attached hydrogen (secondary N) is 1. The van der Waals surface area contributed by atoms with E-state index < -0.39 is 0 Å². The first-order chi connectivity index (χ1) is 12.5. The minimum absolute atomic E-state index is 0.0502. The van der Waals surface area contributed by atoms with E-state index in [1.807, 2.05) is 38.1 Å². The van der Waals surface area contributed by atoms with Crippen molar-refractivity contribution in [2.75, 3.05) is 13.2 Å². The third-order valence-electron chi connectivity index (χ3n) is 4.07. The van der Waals surface area contributed by atoms with Gasteiger partial charge in [-0.3, -0.25) is 14.2 Å². The SMILES string of the molecule is Cc1ccc(OCCNC(=O)Cn2c(=O)cnc3ccccc32)c(C)c1. The van der Waals surface area contributed by atoms with E-state index in [4.69, 9.17) is 4.74 Å². The summed E-state index contributed by atoms with van der Waals surface area (Å²) in [5.74, 6) is 0.564. The zero-order chi connectivity index (χ0) is 18.5. The van der Waals surface area contributed by atoms with Crippen LogP contribution in [0.2, 0.25) is 0 Å². The van der Waals surface area contributed by atoms with Crippen molar-refractivity contribution in [2.45, 2.75) is 20.4 Å². The molecule has 0 radical (unpaired) electrons. The molecule has 0 saturated carbocycles. The minimum atomic E-state index is -0.301. The summed E-state index contributed by atoms with van der Waals surface area (Å²) in [4.78, 5) is 28.3. The van der Waals surface area contributed by atoms with Crippen LogP contribution in [0.25, 0.3) is 11.0 Å². The first-order valence-electron chi connectivity index (χ1n) is 8.46. The van der Waals surface area contributed by atoms with Crippen LogP contribution in [0.1, 0.15) is 11.1 Å². The highest BCUT2D eigenvalue weighted by atomic mass is 16.5. The van der Waals surface area contributed by atoms with Crippen molar-refractivity contribution in [1.82, 2.24) is 14.9 Å². The molecule has 1 aromatic heterocycles. The zero-order valence-electron chi connectivity index (χ0n) is 14.9. The van der Waals surface area contributed by atoms with Crippen LogP contribution in [0.15, 0.2) is 53.5 Å². The van der Waals surface area contributed by atoms with E-state index in [0.29, 0.717) is 24.2 Å². The molecule has 6 nitrogen and oxygen atoms in total. The summed E-state index contributed by atoms with van der Waals surface area (Å²) in [6, 6.07) is 13.2. The van der Waals surface area contributed by atoms with Gasteiger partial charge in [-0.05, 0) is 37.6 Å². The quantitative estimate of drug-likeness (QED) is 0.691. The summed E-state index contributed by atoms with van der Waals surface area (Å²) >= 11 is 0. The number of amides is 1. The molecule has 0 aliphatic heterocycles. The topological polar surface area (TPSA) is 73.2 Å². The van der Waals surface area contributed by atoms with Crippen LogP contribution in [0.4, 0.5) is 0 Å². The molecule has 0 unspecified atom stereocenters. The Bertz CT molecular complexity index is 995. The van der Waals surface area contributed by atoms with Crippen molar-refractivity contribution < 1.29 is 9.53 Å². The lowest BCUT2D eigenvalue weighted by Gasteiger charge is -2.12. The van der Waals surface area contributed by atoms with E-state index >= 15 is 0 Å². The van der Waals surface area contributed by atoms with Crippen molar-refractivity contribution in [3.63, 3.8) is 0 Å². The van der Waals surface area contributed by atoms with Crippen molar-refractivity contribution in [3.8, 4) is 5.75 Å². The smallest absolute Gasteiger partial charge is 0.269 e. The lowest BCUT2D eigenvalue weighted by molar-refractivity contribution is -0.121. The Morgan fingerprint density at radius 3 is 2.81 bits per heavy atom. The van der Waals surface area contributed by atoms with Crippen LogP contribution in [-0.2, 0) is 11.3 Å². The van der Waals surface area contributed by atoms with Gasteiger partial charge in [-0.2, -0.15) is 0 Å². The summed E-state index contributed by atoms with van der Waals surface area (Å²) in [5, 5.41) is 2.78. The fourth-order valence-corrected chi connectivity index (χ4v) is 2.79. The Kier molecular flexibility index (Phi) is 5.31. The lowest BCUT2D eigenvalue weighted by atomic mass is 10.1. The van der Waals surface area contributed by atoms with E-state index in [-0.39, 0.29) is 18.0 Å². The van der Waals surface area contributed by atoms with Crippen molar-refractivity contribution in [3.05, 3.63) is 70.1 Å². The van der Waals surface area contributed by atoms with Crippen LogP contribution in [0.5, 0.6) is 5.75 Å². The monoisotopic (exact) mass is 351 g/mol. The summed E-state index contributed by atoms with van der Waals surface area (Å²) in [7, 11) is 0. The maximum atomic E-state index is 12.2. The van der Waals surface area contributed by atoms with Crippen molar-refractivity contribution in [1.29, 1.82) is 0 Å². The zero-order valence-corrected chi connectivity index (χ0v) is 14.9. The van der Waals surface area contributed by atoms with Gasteiger partial charge in [0.15, 0.2) is 0 Å². The van der Waals surface area contributed by atoms with Gasteiger partial charge in [-0.25, -0.2) is 4.98 Å². The molecule has 26 heavy (non-hydrogen) atoms. The number of hydrogen-bond donors (Lipinski definition) is 1. The lowest BCUT2D eigenvalue weighted by Crippen LogP contribution is -2.34. The van der Waals surface area contributed by atoms with Gasteiger partial charge in [-0.1, -0.05) is 29.8 Å². The largest absolute Gasteiger partial charge is 0.491 e. The third-order valence-corrected chi connectivity index (χ3v) is 4.07. The fourth-order valence-electron chi connectivity index (χ4n) is 2.79. The van der Waals surface area contributed by atoms with Crippen LogP contribution in [-0.4, -0.2) is 28.6 Å². The molecule has 1 amide bonds. The number of fused-ring (bicyclic) bond motifs is 1. The maximum absolute atomic E-state index is 12.2. The Hall–Kier alpha value is -3.15. The van der Waals surface area contributed by atoms with Gasteiger partial charge >= 0.3 is 0 Å². The molecule has 2 aromatic carbocycles. The summed E-state index contributed by atoms with van der Waals surface area (Å²) < 4.78 is 7.11. The predicted molar refractivity (Wildman–Crippen MR) is 100 cm³/mol. The highest BCUT2D eigenvalue weighted by Gasteiger charge is 2.08. The van der Waals surface area contributed by atoms with E-state index in [9.17, 15) is 9.59 Å². The number of hydrogen-bond acceptors (Lipinski definition) is 4. The average Bonchev–Trinajstić information content (AvgIpc) is 2.62. The molecule has 0 saturated heterocycles. The van der Waals surface area contributed by atoms with Crippen molar-refractivity contribution >= 4 is 16.9 Å². The second-order valence-electron chi connectivity index (χ2n) is 6.14. The molecule has 0 aliphatic carbocycles. The van der Waals surface area contributed by atoms with Crippen LogP contribution >= 0.6 is 0 Å². The van der Waals surface area contributed by atoms with Gasteiger partial charge < -0.3 is 10.1 Å². The highest BCUT2D eigenvalue weighted by Crippen LogP contribution is 2.18. The predicted octanol–water partition coefficient (Wildman–Crippen LogP) is 2.21. The molecule has 3 rings (SSSR count). The summed E-state index contributed by atoms with van der Waals surface area (Å²) in [6.45, 7) is 4.70. The highest BCUT2D eigenvalue weighted by molar-refractivity contribution is 5.79. The van der Waals surface area contributed by atoms with Gasteiger partial charge in [-0.15, -0.1) is 0 Å². The van der Waals surface area contributed by atoms with Gasteiger partial charge in [0, 0.05) is 0 Å². The number of ether oxygens (including phenoxy) is 1. The van der Waals surface area contributed by atoms with Crippen LogP contribution < -0.4 is 15.6 Å². The first kappa shape index (κ1) is 17.7. The second-order valence-corrected chi connectivity index (χ2v) is 6.14. The molecule has 0 aliphatic rings. The number of carbonyl (C=O) groups is 1. The number of aromatic nitrogens is 2. The molecule has 0 spiro atoms. The van der Waals surface area contributed by atoms with Gasteiger partial charge in [0.2, 0.25) is 5.91 Å². The second kappa shape index (κ2) is 7.82. The molecule has 0 bridgehead atoms. The number of para-hydroxylation sites is 2.